The normalized spacial score (nSPS) is 18.2. The van der Waals surface area contributed by atoms with Crippen LogP contribution >= 0.6 is 0 Å². The molecule has 110 valence electrons. The van der Waals surface area contributed by atoms with E-state index in [4.69, 9.17) is 9.84 Å². The molecule has 19 heavy (non-hydrogen) atoms. The first-order valence-corrected chi connectivity index (χ1v) is 6.70. The predicted molar refractivity (Wildman–Crippen MR) is 71.0 cm³/mol. The number of amides is 2. The first kappa shape index (κ1) is 15.8. The third-order valence-electron chi connectivity index (χ3n) is 3.63. The Hall–Kier alpha value is -1.30. The van der Waals surface area contributed by atoms with Gasteiger partial charge in [-0.3, -0.25) is 4.79 Å². The van der Waals surface area contributed by atoms with E-state index in [1.54, 1.807) is 7.11 Å². The van der Waals surface area contributed by atoms with E-state index in [1.807, 2.05) is 6.92 Å². The van der Waals surface area contributed by atoms with Crippen molar-refractivity contribution in [3.63, 3.8) is 0 Å². The number of hydrogen-bond acceptors (Lipinski definition) is 3. The highest BCUT2D eigenvalue weighted by atomic mass is 16.5. The zero-order chi connectivity index (χ0) is 14.3. The molecule has 6 heteroatoms. The lowest BCUT2D eigenvalue weighted by Gasteiger charge is -2.40. The number of carbonyl (C=O) groups is 2. The zero-order valence-corrected chi connectivity index (χ0v) is 11.7. The van der Waals surface area contributed by atoms with Crippen molar-refractivity contribution >= 4 is 12.0 Å². The number of nitrogens with one attached hydrogen (secondary N) is 2. The second kappa shape index (κ2) is 7.33. The van der Waals surface area contributed by atoms with E-state index in [0.29, 0.717) is 19.7 Å². The molecule has 1 aliphatic carbocycles. The lowest BCUT2D eigenvalue weighted by molar-refractivity contribution is -0.141. The maximum Gasteiger partial charge on any atom is 0.314 e. The maximum absolute atomic E-state index is 11.6. The summed E-state index contributed by atoms with van der Waals surface area (Å²) in [6.45, 7) is 3.57. The monoisotopic (exact) mass is 272 g/mol. The van der Waals surface area contributed by atoms with Crippen LogP contribution in [0.4, 0.5) is 4.79 Å². The van der Waals surface area contributed by atoms with Crippen LogP contribution in [0.5, 0.6) is 0 Å². The average molecular weight is 272 g/mol. The van der Waals surface area contributed by atoms with Gasteiger partial charge in [0.25, 0.3) is 0 Å². The highest BCUT2D eigenvalue weighted by Crippen LogP contribution is 2.43. The highest BCUT2D eigenvalue weighted by Gasteiger charge is 2.39. The largest absolute Gasteiger partial charge is 0.481 e. The quantitative estimate of drug-likeness (QED) is 0.620. The molecular formula is C13H24N2O4. The average Bonchev–Trinajstić information content (AvgIpc) is 2.29. The molecule has 0 aliphatic heterocycles. The van der Waals surface area contributed by atoms with E-state index in [1.165, 1.54) is 0 Å². The second-order valence-corrected chi connectivity index (χ2v) is 5.55. The van der Waals surface area contributed by atoms with Gasteiger partial charge in [-0.25, -0.2) is 4.79 Å². The third kappa shape index (κ3) is 5.46. The lowest BCUT2D eigenvalue weighted by Crippen LogP contribution is -2.47. The maximum atomic E-state index is 11.6. The van der Waals surface area contributed by atoms with Gasteiger partial charge in [-0.05, 0) is 24.2 Å². The number of carbonyl (C=O) groups excluding carboxylic acids is 1. The van der Waals surface area contributed by atoms with Gasteiger partial charge in [0.1, 0.15) is 0 Å². The molecule has 1 aliphatic rings. The molecule has 2 amide bonds. The molecule has 0 heterocycles. The van der Waals surface area contributed by atoms with Crippen LogP contribution in [0.3, 0.4) is 0 Å². The molecule has 0 aromatic heterocycles. The number of aliphatic carboxylic acids is 1. The summed E-state index contributed by atoms with van der Waals surface area (Å²) in [5.74, 6) is -0.539. The smallest absolute Gasteiger partial charge is 0.314 e. The fraction of sp³-hybridized carbons (Fsp3) is 0.846. The molecule has 0 aromatic rings. The number of hydrogen-bond donors (Lipinski definition) is 3. The van der Waals surface area contributed by atoms with Gasteiger partial charge in [0.05, 0.1) is 13.0 Å². The van der Waals surface area contributed by atoms with Gasteiger partial charge >= 0.3 is 12.0 Å². The molecule has 1 saturated carbocycles. The van der Waals surface area contributed by atoms with Gasteiger partial charge in [-0.15, -0.1) is 0 Å². The summed E-state index contributed by atoms with van der Waals surface area (Å²) in [4.78, 5) is 22.4. The first-order valence-electron chi connectivity index (χ1n) is 6.70. The van der Waals surface area contributed by atoms with E-state index in [9.17, 15) is 9.59 Å². The second-order valence-electron chi connectivity index (χ2n) is 5.55. The molecule has 0 aromatic carbocycles. The van der Waals surface area contributed by atoms with E-state index in [0.717, 1.165) is 19.3 Å². The van der Waals surface area contributed by atoms with Crippen molar-refractivity contribution in [2.75, 3.05) is 26.8 Å². The third-order valence-corrected chi connectivity index (χ3v) is 3.63. The number of ether oxygens (including phenoxy) is 1. The molecule has 6 nitrogen and oxygen atoms in total. The number of carboxylic acids is 1. The predicted octanol–water partition coefficient (Wildman–Crippen LogP) is 1.21. The summed E-state index contributed by atoms with van der Waals surface area (Å²) in [7, 11) is 1.63. The number of carboxylic acid groups (broad SMARTS) is 1. The minimum Gasteiger partial charge on any atom is -0.481 e. The van der Waals surface area contributed by atoms with E-state index >= 15 is 0 Å². The topological polar surface area (TPSA) is 87.7 Å². The standard InChI is InChI=1S/C13H24N2O4/c1-10(8-19-2)7-14-12(18)15-9-13(4-3-5-13)6-11(16)17/h10H,3-9H2,1-2H3,(H,16,17)(H2,14,15,18). The van der Waals surface area contributed by atoms with Gasteiger partial charge in [-0.2, -0.15) is 0 Å². The molecule has 0 radical (unpaired) electrons. The molecule has 1 unspecified atom stereocenters. The Bertz CT molecular complexity index is 316. The molecular weight excluding hydrogens is 248 g/mol. The first-order chi connectivity index (χ1) is 8.97. The van der Waals surface area contributed by atoms with Crippen molar-refractivity contribution in [3.05, 3.63) is 0 Å². The molecule has 1 atom stereocenters. The number of methoxy groups -OCH3 is 1. The van der Waals surface area contributed by atoms with Crippen molar-refractivity contribution in [1.29, 1.82) is 0 Å². The van der Waals surface area contributed by atoms with E-state index in [2.05, 4.69) is 10.6 Å². The SMILES string of the molecule is COCC(C)CNC(=O)NCC1(CC(=O)O)CCC1. The van der Waals surface area contributed by atoms with Crippen molar-refractivity contribution in [2.45, 2.75) is 32.6 Å². The van der Waals surface area contributed by atoms with Crippen LogP contribution < -0.4 is 10.6 Å². The Morgan fingerprint density at radius 1 is 1.37 bits per heavy atom. The van der Waals surface area contributed by atoms with Crippen LogP contribution in [-0.4, -0.2) is 43.9 Å². The fourth-order valence-corrected chi connectivity index (χ4v) is 2.35. The van der Waals surface area contributed by atoms with Crippen molar-refractivity contribution in [1.82, 2.24) is 10.6 Å². The summed E-state index contributed by atoms with van der Waals surface area (Å²) >= 11 is 0. The van der Waals surface area contributed by atoms with Crippen LogP contribution in [0, 0.1) is 11.3 Å². The minimum atomic E-state index is -0.796. The molecule has 0 bridgehead atoms. The van der Waals surface area contributed by atoms with E-state index in [-0.39, 0.29) is 23.8 Å². The molecule has 3 N–H and O–H groups in total. The molecule has 1 rings (SSSR count). The van der Waals surface area contributed by atoms with Crippen molar-refractivity contribution in [2.24, 2.45) is 11.3 Å². The van der Waals surface area contributed by atoms with Crippen LogP contribution in [0.2, 0.25) is 0 Å². The Kier molecular flexibility index (Phi) is 6.08. The summed E-state index contributed by atoms with van der Waals surface area (Å²) in [6.07, 6.45) is 2.92. The van der Waals surface area contributed by atoms with Gasteiger partial charge in [0.2, 0.25) is 0 Å². The summed E-state index contributed by atoms with van der Waals surface area (Å²) < 4.78 is 4.98. The van der Waals surface area contributed by atoms with Crippen molar-refractivity contribution < 1.29 is 19.4 Å². The number of rotatable bonds is 8. The summed E-state index contributed by atoms with van der Waals surface area (Å²) in [5.41, 5.74) is -0.235. The van der Waals surface area contributed by atoms with Gasteiger partial charge < -0.3 is 20.5 Å². The Balaban J connectivity index is 2.23. The lowest BCUT2D eigenvalue weighted by atomic mass is 9.66. The minimum absolute atomic E-state index is 0.132. The Morgan fingerprint density at radius 2 is 2.05 bits per heavy atom. The highest BCUT2D eigenvalue weighted by molar-refractivity contribution is 5.74. The Labute approximate surface area is 113 Å². The fourth-order valence-electron chi connectivity index (χ4n) is 2.35. The number of urea groups is 1. The van der Waals surface area contributed by atoms with Gasteiger partial charge in [0.15, 0.2) is 0 Å². The molecule has 0 spiro atoms. The Morgan fingerprint density at radius 3 is 2.53 bits per heavy atom. The molecule has 1 fully saturated rings. The van der Waals surface area contributed by atoms with Crippen molar-refractivity contribution in [3.8, 4) is 0 Å². The van der Waals surface area contributed by atoms with Crippen LogP contribution in [0.25, 0.3) is 0 Å². The van der Waals surface area contributed by atoms with Crippen LogP contribution in [0.1, 0.15) is 32.6 Å². The van der Waals surface area contributed by atoms with Gasteiger partial charge in [0, 0.05) is 20.2 Å². The van der Waals surface area contributed by atoms with Gasteiger partial charge in [-0.1, -0.05) is 13.3 Å². The van der Waals surface area contributed by atoms with E-state index < -0.39 is 5.97 Å². The van der Waals surface area contributed by atoms with Crippen LogP contribution in [-0.2, 0) is 9.53 Å². The van der Waals surface area contributed by atoms with Crippen LogP contribution in [0.15, 0.2) is 0 Å². The zero-order valence-electron chi connectivity index (χ0n) is 11.7. The molecule has 0 saturated heterocycles. The summed E-state index contributed by atoms with van der Waals surface area (Å²) in [5, 5.41) is 14.4. The summed E-state index contributed by atoms with van der Waals surface area (Å²) in [6, 6.07) is -0.236.